The molecule has 1 aliphatic heterocycles. The van der Waals surface area contributed by atoms with Crippen LogP contribution in [0.1, 0.15) is 76.7 Å². The number of benzene rings is 1. The van der Waals surface area contributed by atoms with Gasteiger partial charge in [0.15, 0.2) is 0 Å². The first kappa shape index (κ1) is 31.2. The predicted molar refractivity (Wildman–Crippen MR) is 145 cm³/mol. The Morgan fingerprint density at radius 2 is 1.76 bits per heavy atom. The molecule has 0 aromatic heterocycles. The normalized spacial score (nSPS) is 25.1. The van der Waals surface area contributed by atoms with E-state index in [0.29, 0.717) is 37.6 Å². The minimum atomic E-state index is -1.21. The Balaban J connectivity index is 2.42. The average molecular weight is 521 g/mol. The summed E-state index contributed by atoms with van der Waals surface area (Å²) in [7, 11) is 1.45. The lowest BCUT2D eigenvalue weighted by Gasteiger charge is -2.38. The van der Waals surface area contributed by atoms with E-state index in [1.54, 1.807) is 4.90 Å². The number of rotatable bonds is 4. The van der Waals surface area contributed by atoms with Crippen LogP contribution < -0.4 is 0 Å². The van der Waals surface area contributed by atoms with Gasteiger partial charge in [-0.1, -0.05) is 46.8 Å². The van der Waals surface area contributed by atoms with Gasteiger partial charge >= 0.3 is 0 Å². The van der Waals surface area contributed by atoms with E-state index in [1.807, 2.05) is 29.2 Å². The van der Waals surface area contributed by atoms with E-state index >= 15 is 0 Å². The molecule has 37 heavy (non-hydrogen) atoms. The standard InChI is InChI=1S/C29H48N2O6/c1-20(2)16-24-17-30(21(3)32)18-26(36-7)27(34)25(33)19-37-15-9-8-14-31(24)28(35)22-10-12-23(13-11-22)29(4,5)6/h10-13,20,24-27,33-34H,8-9,14-19H2,1-7H3/t24-,25-,26-,27-/m1/s1. The zero-order valence-electron chi connectivity index (χ0n) is 23.8. The van der Waals surface area contributed by atoms with E-state index in [0.717, 1.165) is 18.4 Å². The Labute approximate surface area is 222 Å². The lowest BCUT2D eigenvalue weighted by atomic mass is 9.86. The maximum Gasteiger partial charge on any atom is 0.254 e. The maximum atomic E-state index is 13.9. The maximum absolute atomic E-state index is 13.9. The average Bonchev–Trinajstić information content (AvgIpc) is 2.83. The fourth-order valence-electron chi connectivity index (χ4n) is 4.73. The van der Waals surface area contributed by atoms with Gasteiger partial charge in [-0.25, -0.2) is 0 Å². The van der Waals surface area contributed by atoms with Crippen molar-refractivity contribution in [2.75, 3.05) is 40.0 Å². The molecule has 0 saturated carbocycles. The molecule has 1 aromatic rings. The Bertz CT molecular complexity index is 851. The highest BCUT2D eigenvalue weighted by Gasteiger charge is 2.33. The molecule has 2 amide bonds. The molecule has 1 aliphatic rings. The first-order valence-electron chi connectivity index (χ1n) is 13.5. The van der Waals surface area contributed by atoms with Crippen molar-refractivity contribution in [2.24, 2.45) is 5.92 Å². The van der Waals surface area contributed by atoms with Crippen molar-refractivity contribution in [2.45, 2.75) is 90.6 Å². The van der Waals surface area contributed by atoms with Crippen LogP contribution in [-0.2, 0) is 19.7 Å². The molecule has 4 atom stereocenters. The number of hydrogen-bond acceptors (Lipinski definition) is 6. The van der Waals surface area contributed by atoms with Crippen LogP contribution in [0.5, 0.6) is 0 Å². The Morgan fingerprint density at radius 3 is 2.30 bits per heavy atom. The van der Waals surface area contributed by atoms with Crippen LogP contribution in [0.3, 0.4) is 0 Å². The number of aliphatic hydroxyl groups excluding tert-OH is 2. The Kier molecular flexibility index (Phi) is 12.0. The summed E-state index contributed by atoms with van der Waals surface area (Å²) in [4.78, 5) is 30.1. The minimum absolute atomic E-state index is 0.00948. The molecule has 1 aromatic carbocycles. The molecule has 8 nitrogen and oxygen atoms in total. The highest BCUT2D eigenvalue weighted by molar-refractivity contribution is 5.94. The van der Waals surface area contributed by atoms with Gasteiger partial charge in [0.2, 0.25) is 5.91 Å². The lowest BCUT2D eigenvalue weighted by molar-refractivity contribution is -0.137. The van der Waals surface area contributed by atoms with Crippen LogP contribution >= 0.6 is 0 Å². The van der Waals surface area contributed by atoms with Crippen LogP contribution in [0.15, 0.2) is 24.3 Å². The van der Waals surface area contributed by atoms with Crippen LogP contribution in [0.4, 0.5) is 0 Å². The molecule has 0 spiro atoms. The fraction of sp³-hybridized carbons (Fsp3) is 0.724. The van der Waals surface area contributed by atoms with Crippen molar-refractivity contribution >= 4 is 11.8 Å². The number of nitrogens with zero attached hydrogens (tertiary/aromatic N) is 2. The monoisotopic (exact) mass is 520 g/mol. The molecule has 1 heterocycles. The minimum Gasteiger partial charge on any atom is -0.388 e. The van der Waals surface area contributed by atoms with Crippen LogP contribution in [0, 0.1) is 5.92 Å². The van der Waals surface area contributed by atoms with Crippen LogP contribution in [-0.4, -0.2) is 96.1 Å². The van der Waals surface area contributed by atoms with Crippen molar-refractivity contribution in [1.82, 2.24) is 9.80 Å². The number of methoxy groups -OCH3 is 1. The molecular weight excluding hydrogens is 472 g/mol. The molecule has 0 radical (unpaired) electrons. The second-order valence-corrected chi connectivity index (χ2v) is 11.6. The molecule has 0 aliphatic carbocycles. The largest absolute Gasteiger partial charge is 0.388 e. The third-order valence-corrected chi connectivity index (χ3v) is 7.02. The van der Waals surface area contributed by atoms with Crippen LogP contribution in [0.2, 0.25) is 0 Å². The van der Waals surface area contributed by atoms with Crippen molar-refractivity contribution in [3.8, 4) is 0 Å². The molecule has 2 rings (SSSR count). The van der Waals surface area contributed by atoms with Gasteiger partial charge in [-0.3, -0.25) is 9.59 Å². The second kappa shape index (κ2) is 14.2. The van der Waals surface area contributed by atoms with E-state index < -0.39 is 18.3 Å². The summed E-state index contributed by atoms with van der Waals surface area (Å²) in [5, 5.41) is 21.1. The van der Waals surface area contributed by atoms with E-state index in [4.69, 9.17) is 9.47 Å². The number of carbonyl (C=O) groups excluding carboxylic acids is 2. The van der Waals surface area contributed by atoms with Crippen molar-refractivity contribution in [1.29, 1.82) is 0 Å². The topological polar surface area (TPSA) is 99.5 Å². The Morgan fingerprint density at radius 1 is 1.11 bits per heavy atom. The van der Waals surface area contributed by atoms with Gasteiger partial charge in [0, 0.05) is 51.9 Å². The number of carbonyl (C=O) groups is 2. The van der Waals surface area contributed by atoms with Crippen molar-refractivity contribution in [3.05, 3.63) is 35.4 Å². The predicted octanol–water partition coefficient (Wildman–Crippen LogP) is 3.24. The van der Waals surface area contributed by atoms with E-state index in [2.05, 4.69) is 34.6 Å². The number of hydrogen-bond donors (Lipinski definition) is 2. The Hall–Kier alpha value is -2.00. The smallest absolute Gasteiger partial charge is 0.254 e. The summed E-state index contributed by atoms with van der Waals surface area (Å²) < 4.78 is 11.1. The fourth-order valence-corrected chi connectivity index (χ4v) is 4.73. The molecule has 0 bridgehead atoms. The SMILES string of the molecule is CO[C@@H]1CN(C(C)=O)C[C@@H](CC(C)C)N(C(=O)c2ccc(C(C)(C)C)cc2)CCCCOC[C@@H](O)[C@H]1O. The summed E-state index contributed by atoms with van der Waals surface area (Å²) in [6.07, 6.45) is -0.984. The second-order valence-electron chi connectivity index (χ2n) is 11.6. The molecule has 8 heteroatoms. The zero-order valence-corrected chi connectivity index (χ0v) is 23.8. The summed E-state index contributed by atoms with van der Waals surface area (Å²) in [6.45, 7) is 13.5. The molecule has 210 valence electrons. The highest BCUT2D eigenvalue weighted by Crippen LogP contribution is 2.24. The van der Waals surface area contributed by atoms with Gasteiger partial charge in [0.05, 0.1) is 6.61 Å². The summed E-state index contributed by atoms with van der Waals surface area (Å²) in [5.41, 5.74) is 1.78. The van der Waals surface area contributed by atoms with Gasteiger partial charge in [0.1, 0.15) is 18.3 Å². The van der Waals surface area contributed by atoms with Gasteiger partial charge in [-0.15, -0.1) is 0 Å². The third kappa shape index (κ3) is 9.36. The van der Waals surface area contributed by atoms with Gasteiger partial charge < -0.3 is 29.5 Å². The lowest BCUT2D eigenvalue weighted by Crippen LogP contribution is -2.53. The highest BCUT2D eigenvalue weighted by atomic mass is 16.5. The molecule has 2 N–H and O–H groups in total. The number of ether oxygens (including phenoxy) is 2. The van der Waals surface area contributed by atoms with Crippen molar-refractivity contribution in [3.63, 3.8) is 0 Å². The van der Waals surface area contributed by atoms with Crippen molar-refractivity contribution < 1.29 is 29.3 Å². The molecule has 1 saturated heterocycles. The summed E-state index contributed by atoms with van der Waals surface area (Å²) >= 11 is 0. The molecular formula is C29H48N2O6. The van der Waals surface area contributed by atoms with E-state index in [-0.39, 0.29) is 36.4 Å². The quantitative estimate of drug-likeness (QED) is 0.632. The first-order valence-corrected chi connectivity index (χ1v) is 13.5. The number of aliphatic hydroxyl groups is 2. The molecule has 0 unspecified atom stereocenters. The molecule has 1 fully saturated rings. The van der Waals surface area contributed by atoms with E-state index in [1.165, 1.54) is 14.0 Å². The first-order chi connectivity index (χ1) is 17.3. The van der Waals surface area contributed by atoms with Gasteiger partial charge in [0.25, 0.3) is 5.91 Å². The number of amides is 2. The zero-order chi connectivity index (χ0) is 27.8. The summed E-state index contributed by atoms with van der Waals surface area (Å²) in [6, 6.07) is 7.60. The van der Waals surface area contributed by atoms with E-state index in [9.17, 15) is 19.8 Å². The third-order valence-electron chi connectivity index (χ3n) is 7.02. The van der Waals surface area contributed by atoms with Gasteiger partial charge in [-0.05, 0) is 48.3 Å². The van der Waals surface area contributed by atoms with Gasteiger partial charge in [-0.2, -0.15) is 0 Å². The summed E-state index contributed by atoms with van der Waals surface area (Å²) in [5.74, 6) is 0.0642. The van der Waals surface area contributed by atoms with Crippen LogP contribution in [0.25, 0.3) is 0 Å².